The third kappa shape index (κ3) is 2.70. The Balaban J connectivity index is 2.48. The maximum Gasteiger partial charge on any atom is 0.237 e. The van der Waals surface area contributed by atoms with Crippen molar-refractivity contribution in [2.24, 2.45) is 11.7 Å². The van der Waals surface area contributed by atoms with Crippen molar-refractivity contribution in [1.29, 1.82) is 0 Å². The first kappa shape index (κ1) is 13.4. The van der Waals surface area contributed by atoms with Crippen molar-refractivity contribution >= 4 is 17.5 Å². The topological polar surface area (TPSA) is 72.6 Å². The second-order valence-corrected chi connectivity index (χ2v) is 4.83. The number of amides is 2. The van der Waals surface area contributed by atoms with Crippen LogP contribution in [0.4, 0.5) is 5.69 Å². The SMILES string of the molecule is COc1ccc2c(c1)N(CC(N)=O)C(=O)C(C)CC2. The van der Waals surface area contributed by atoms with Crippen molar-refractivity contribution in [1.82, 2.24) is 0 Å². The van der Waals surface area contributed by atoms with Crippen LogP contribution in [-0.2, 0) is 16.0 Å². The van der Waals surface area contributed by atoms with E-state index in [4.69, 9.17) is 10.5 Å². The minimum Gasteiger partial charge on any atom is -0.497 e. The number of carbonyl (C=O) groups is 2. The molecule has 1 heterocycles. The number of nitrogens with zero attached hydrogens (tertiary/aromatic N) is 1. The van der Waals surface area contributed by atoms with Gasteiger partial charge in [-0.05, 0) is 24.5 Å². The lowest BCUT2D eigenvalue weighted by Crippen LogP contribution is -2.40. The lowest BCUT2D eigenvalue weighted by molar-refractivity contribution is -0.124. The molecule has 0 radical (unpaired) electrons. The van der Waals surface area contributed by atoms with Gasteiger partial charge >= 0.3 is 0 Å². The Hall–Kier alpha value is -2.04. The highest BCUT2D eigenvalue weighted by Crippen LogP contribution is 2.32. The van der Waals surface area contributed by atoms with E-state index in [-0.39, 0.29) is 18.4 Å². The molecular formula is C14H18N2O3. The summed E-state index contributed by atoms with van der Waals surface area (Å²) in [5.74, 6) is -0.0321. The zero-order valence-corrected chi connectivity index (χ0v) is 11.2. The molecule has 5 heteroatoms. The zero-order chi connectivity index (χ0) is 14.0. The highest BCUT2D eigenvalue weighted by atomic mass is 16.5. The van der Waals surface area contributed by atoms with Gasteiger partial charge in [0.1, 0.15) is 12.3 Å². The number of nitrogens with two attached hydrogens (primary N) is 1. The first-order valence-corrected chi connectivity index (χ1v) is 6.29. The van der Waals surface area contributed by atoms with Crippen molar-refractivity contribution in [3.8, 4) is 5.75 Å². The molecule has 1 aliphatic rings. The third-order valence-corrected chi connectivity index (χ3v) is 3.43. The lowest BCUT2D eigenvalue weighted by atomic mass is 10.0. The van der Waals surface area contributed by atoms with Gasteiger partial charge in [-0.2, -0.15) is 0 Å². The molecule has 0 aromatic heterocycles. The first-order valence-electron chi connectivity index (χ1n) is 6.29. The van der Waals surface area contributed by atoms with Crippen molar-refractivity contribution < 1.29 is 14.3 Å². The third-order valence-electron chi connectivity index (χ3n) is 3.43. The van der Waals surface area contributed by atoms with Crippen LogP contribution in [0.2, 0.25) is 0 Å². The van der Waals surface area contributed by atoms with Gasteiger partial charge in [-0.3, -0.25) is 9.59 Å². The molecule has 19 heavy (non-hydrogen) atoms. The Bertz CT molecular complexity index is 513. The van der Waals surface area contributed by atoms with Crippen LogP contribution in [0, 0.1) is 5.92 Å². The molecule has 0 bridgehead atoms. The molecule has 1 atom stereocenters. The number of methoxy groups -OCH3 is 1. The van der Waals surface area contributed by atoms with Crippen LogP contribution in [0.15, 0.2) is 18.2 Å². The molecule has 1 aromatic carbocycles. The molecule has 1 unspecified atom stereocenters. The zero-order valence-electron chi connectivity index (χ0n) is 11.2. The van der Waals surface area contributed by atoms with Gasteiger partial charge in [-0.1, -0.05) is 13.0 Å². The van der Waals surface area contributed by atoms with Crippen LogP contribution in [0.25, 0.3) is 0 Å². The number of hydrogen-bond acceptors (Lipinski definition) is 3. The molecule has 2 N–H and O–H groups in total. The molecule has 0 fully saturated rings. The van der Waals surface area contributed by atoms with Gasteiger partial charge < -0.3 is 15.4 Å². The number of benzene rings is 1. The fraction of sp³-hybridized carbons (Fsp3) is 0.429. The summed E-state index contributed by atoms with van der Waals surface area (Å²) in [5.41, 5.74) is 7.02. The average molecular weight is 262 g/mol. The van der Waals surface area contributed by atoms with Crippen LogP contribution in [0.3, 0.4) is 0 Å². The number of ether oxygens (including phenoxy) is 1. The highest BCUT2D eigenvalue weighted by Gasteiger charge is 2.28. The Kier molecular flexibility index (Phi) is 3.74. The Morgan fingerprint density at radius 2 is 2.26 bits per heavy atom. The van der Waals surface area contributed by atoms with Gasteiger partial charge in [0.05, 0.1) is 12.8 Å². The molecule has 0 spiro atoms. The van der Waals surface area contributed by atoms with Gasteiger partial charge in [0.2, 0.25) is 11.8 Å². The van der Waals surface area contributed by atoms with E-state index < -0.39 is 5.91 Å². The second kappa shape index (κ2) is 5.30. The maximum absolute atomic E-state index is 12.3. The number of rotatable bonds is 3. The number of fused-ring (bicyclic) bond motifs is 1. The quantitative estimate of drug-likeness (QED) is 0.886. The number of primary amides is 1. The number of hydrogen-bond donors (Lipinski definition) is 1. The van der Waals surface area contributed by atoms with E-state index in [1.54, 1.807) is 13.2 Å². The fourth-order valence-electron chi connectivity index (χ4n) is 2.33. The molecule has 0 saturated heterocycles. The minimum absolute atomic E-state index is 0.0641. The molecule has 0 saturated carbocycles. The number of carbonyl (C=O) groups excluding carboxylic acids is 2. The molecular weight excluding hydrogens is 244 g/mol. The van der Waals surface area contributed by atoms with Gasteiger partial charge in [0.15, 0.2) is 0 Å². The monoisotopic (exact) mass is 262 g/mol. The normalized spacial score (nSPS) is 18.7. The van der Waals surface area contributed by atoms with E-state index in [0.717, 1.165) is 24.1 Å². The maximum atomic E-state index is 12.3. The summed E-state index contributed by atoms with van der Waals surface area (Å²) >= 11 is 0. The van der Waals surface area contributed by atoms with Gasteiger partial charge in [0.25, 0.3) is 0 Å². The van der Waals surface area contributed by atoms with E-state index in [1.165, 1.54) is 4.90 Å². The predicted octanol–water partition coefficient (Wildman–Crippen LogP) is 1.10. The van der Waals surface area contributed by atoms with E-state index in [0.29, 0.717) is 5.75 Å². The summed E-state index contributed by atoms with van der Waals surface area (Å²) in [6, 6.07) is 5.59. The standard InChI is InChI=1S/C14H18N2O3/c1-9-3-4-10-5-6-11(19-2)7-12(10)16(14(9)18)8-13(15)17/h5-7,9H,3-4,8H2,1-2H3,(H2,15,17). The van der Waals surface area contributed by atoms with Gasteiger partial charge in [-0.15, -0.1) is 0 Å². The van der Waals surface area contributed by atoms with Crippen LogP contribution in [-0.4, -0.2) is 25.5 Å². The Morgan fingerprint density at radius 3 is 2.89 bits per heavy atom. The molecule has 2 amide bonds. The largest absolute Gasteiger partial charge is 0.497 e. The summed E-state index contributed by atoms with van der Waals surface area (Å²) in [6.07, 6.45) is 1.58. The molecule has 1 aliphatic heterocycles. The summed E-state index contributed by atoms with van der Waals surface area (Å²) in [5, 5.41) is 0. The van der Waals surface area contributed by atoms with E-state index >= 15 is 0 Å². The lowest BCUT2D eigenvalue weighted by Gasteiger charge is -2.23. The van der Waals surface area contributed by atoms with Gasteiger partial charge in [-0.25, -0.2) is 0 Å². The van der Waals surface area contributed by atoms with E-state index in [1.807, 2.05) is 19.1 Å². The van der Waals surface area contributed by atoms with Crippen molar-refractivity contribution in [3.63, 3.8) is 0 Å². The van der Waals surface area contributed by atoms with Crippen LogP contribution >= 0.6 is 0 Å². The summed E-state index contributed by atoms with van der Waals surface area (Å²) in [6.45, 7) is 1.78. The Morgan fingerprint density at radius 1 is 1.53 bits per heavy atom. The molecule has 0 aliphatic carbocycles. The van der Waals surface area contributed by atoms with Gasteiger partial charge in [0, 0.05) is 12.0 Å². The summed E-state index contributed by atoms with van der Waals surface area (Å²) in [4.78, 5) is 25.0. The minimum atomic E-state index is -0.517. The van der Waals surface area contributed by atoms with Crippen LogP contribution in [0.5, 0.6) is 5.75 Å². The van der Waals surface area contributed by atoms with Crippen molar-refractivity contribution in [2.45, 2.75) is 19.8 Å². The molecule has 2 rings (SSSR count). The first-order chi connectivity index (χ1) is 9.02. The molecule has 5 nitrogen and oxygen atoms in total. The summed E-state index contributed by atoms with van der Waals surface area (Å²) < 4.78 is 5.18. The summed E-state index contributed by atoms with van der Waals surface area (Å²) in [7, 11) is 1.57. The fourth-order valence-corrected chi connectivity index (χ4v) is 2.33. The van der Waals surface area contributed by atoms with Crippen molar-refractivity contribution in [2.75, 3.05) is 18.6 Å². The number of aryl methyl sites for hydroxylation is 1. The second-order valence-electron chi connectivity index (χ2n) is 4.83. The smallest absolute Gasteiger partial charge is 0.237 e. The van der Waals surface area contributed by atoms with Crippen LogP contribution in [0.1, 0.15) is 18.9 Å². The van der Waals surface area contributed by atoms with E-state index in [2.05, 4.69) is 0 Å². The Labute approximate surface area is 112 Å². The number of anilines is 1. The van der Waals surface area contributed by atoms with Crippen molar-refractivity contribution in [3.05, 3.63) is 23.8 Å². The average Bonchev–Trinajstić information content (AvgIpc) is 2.50. The molecule has 1 aromatic rings. The predicted molar refractivity (Wildman–Crippen MR) is 72.0 cm³/mol. The molecule has 102 valence electrons. The van der Waals surface area contributed by atoms with Crippen LogP contribution < -0.4 is 15.4 Å². The van der Waals surface area contributed by atoms with E-state index in [9.17, 15) is 9.59 Å². The highest BCUT2D eigenvalue weighted by molar-refractivity contribution is 6.00.